The van der Waals surface area contributed by atoms with E-state index in [4.69, 9.17) is 9.72 Å². The maximum absolute atomic E-state index is 12.7. The molecule has 140 valence electrons. The van der Waals surface area contributed by atoms with E-state index in [0.29, 0.717) is 5.75 Å². The molecule has 0 saturated carbocycles. The Hall–Kier alpha value is -2.60. The van der Waals surface area contributed by atoms with Crippen molar-refractivity contribution in [1.29, 1.82) is 0 Å². The number of para-hydroxylation sites is 2. The zero-order chi connectivity index (χ0) is 18.8. The van der Waals surface area contributed by atoms with Crippen LogP contribution in [-0.2, 0) is 4.79 Å². The lowest BCUT2D eigenvalue weighted by Gasteiger charge is -2.31. The highest BCUT2D eigenvalue weighted by atomic mass is 32.1. The monoisotopic (exact) mass is 381 g/mol. The number of fused-ring (bicyclic) bond motifs is 1. The predicted molar refractivity (Wildman–Crippen MR) is 111 cm³/mol. The first-order valence-corrected chi connectivity index (χ1v) is 10.0. The maximum Gasteiger partial charge on any atom is 0.227 e. The van der Waals surface area contributed by atoms with Crippen molar-refractivity contribution in [3.63, 3.8) is 0 Å². The van der Waals surface area contributed by atoms with Crippen molar-refractivity contribution in [3.8, 4) is 5.75 Å². The summed E-state index contributed by atoms with van der Waals surface area (Å²) in [5, 5.41) is 4.07. The third-order valence-corrected chi connectivity index (χ3v) is 6.11. The Kier molecular flexibility index (Phi) is 4.99. The Morgan fingerprint density at radius 2 is 2.00 bits per heavy atom. The molecule has 1 amide bonds. The lowest BCUT2D eigenvalue weighted by atomic mass is 9.96. The molecule has 0 spiro atoms. The van der Waals surface area contributed by atoms with Crippen LogP contribution in [0.4, 0.5) is 10.8 Å². The topological polar surface area (TPSA) is 54.5 Å². The van der Waals surface area contributed by atoms with Gasteiger partial charge in [-0.3, -0.25) is 4.79 Å². The number of nitrogens with zero attached hydrogens (tertiary/aromatic N) is 2. The lowest BCUT2D eigenvalue weighted by molar-refractivity contribution is -0.120. The Morgan fingerprint density at radius 1 is 1.22 bits per heavy atom. The number of nitrogens with one attached hydrogen (secondary N) is 1. The number of amides is 1. The fourth-order valence-corrected chi connectivity index (χ4v) is 4.59. The largest absolute Gasteiger partial charge is 0.495 e. The molecule has 0 bridgehead atoms. The van der Waals surface area contributed by atoms with Crippen LogP contribution in [0.3, 0.4) is 0 Å². The number of rotatable bonds is 4. The summed E-state index contributed by atoms with van der Waals surface area (Å²) in [5.74, 6) is 0.773. The van der Waals surface area contributed by atoms with Crippen molar-refractivity contribution < 1.29 is 9.53 Å². The second kappa shape index (κ2) is 7.56. The second-order valence-electron chi connectivity index (χ2n) is 6.92. The van der Waals surface area contributed by atoms with Gasteiger partial charge >= 0.3 is 0 Å². The van der Waals surface area contributed by atoms with Crippen LogP contribution in [0, 0.1) is 12.8 Å². The molecule has 2 heterocycles. The molecule has 1 fully saturated rings. The van der Waals surface area contributed by atoms with Crippen molar-refractivity contribution >= 4 is 38.3 Å². The predicted octanol–water partition coefficient (Wildman–Crippen LogP) is 4.47. The first-order valence-electron chi connectivity index (χ1n) is 9.20. The number of piperidine rings is 1. The highest BCUT2D eigenvalue weighted by Gasteiger charge is 2.27. The number of benzene rings is 2. The van der Waals surface area contributed by atoms with Gasteiger partial charge in [-0.15, -0.1) is 0 Å². The molecule has 1 N–H and O–H groups in total. The highest BCUT2D eigenvalue weighted by Crippen LogP contribution is 2.32. The van der Waals surface area contributed by atoms with Crippen molar-refractivity contribution in [1.82, 2.24) is 4.98 Å². The molecule has 4 rings (SSSR count). The number of hydrogen-bond donors (Lipinski definition) is 1. The van der Waals surface area contributed by atoms with Crippen LogP contribution in [-0.4, -0.2) is 31.1 Å². The molecular formula is C21H23N3O2S. The molecule has 6 heteroatoms. The molecular weight excluding hydrogens is 358 g/mol. The summed E-state index contributed by atoms with van der Waals surface area (Å²) in [5.41, 5.74) is 3.04. The molecule has 27 heavy (non-hydrogen) atoms. The lowest BCUT2D eigenvalue weighted by Crippen LogP contribution is -2.38. The van der Waals surface area contributed by atoms with Gasteiger partial charge in [0.05, 0.1) is 23.0 Å². The molecule has 5 nitrogen and oxygen atoms in total. The smallest absolute Gasteiger partial charge is 0.227 e. The van der Waals surface area contributed by atoms with E-state index >= 15 is 0 Å². The number of carbonyl (C=O) groups excluding carboxylic acids is 1. The number of thiazole rings is 1. The third-order valence-electron chi connectivity index (χ3n) is 5.03. The molecule has 0 aliphatic carbocycles. The van der Waals surface area contributed by atoms with E-state index in [2.05, 4.69) is 35.3 Å². The first kappa shape index (κ1) is 17.8. The zero-order valence-corrected chi connectivity index (χ0v) is 16.4. The van der Waals surface area contributed by atoms with E-state index in [1.807, 2.05) is 24.3 Å². The number of anilines is 2. The van der Waals surface area contributed by atoms with Gasteiger partial charge in [0.15, 0.2) is 5.13 Å². The van der Waals surface area contributed by atoms with Gasteiger partial charge in [-0.25, -0.2) is 4.98 Å². The van der Waals surface area contributed by atoms with Crippen LogP contribution in [0.5, 0.6) is 5.75 Å². The van der Waals surface area contributed by atoms with Crippen molar-refractivity contribution in [2.75, 3.05) is 30.4 Å². The van der Waals surface area contributed by atoms with E-state index < -0.39 is 0 Å². The van der Waals surface area contributed by atoms with Crippen LogP contribution in [0.25, 0.3) is 10.2 Å². The number of hydrogen-bond acceptors (Lipinski definition) is 5. The van der Waals surface area contributed by atoms with E-state index in [1.54, 1.807) is 18.4 Å². The molecule has 0 radical (unpaired) electrons. The molecule has 2 aromatic carbocycles. The van der Waals surface area contributed by atoms with Crippen LogP contribution in [0.1, 0.15) is 18.4 Å². The second-order valence-corrected chi connectivity index (χ2v) is 7.93. The van der Waals surface area contributed by atoms with Gasteiger partial charge in [0.2, 0.25) is 5.91 Å². The van der Waals surface area contributed by atoms with E-state index in [9.17, 15) is 4.79 Å². The number of carbonyl (C=O) groups is 1. The quantitative estimate of drug-likeness (QED) is 0.724. The molecule has 3 aromatic rings. The summed E-state index contributed by atoms with van der Waals surface area (Å²) in [7, 11) is 1.61. The summed E-state index contributed by atoms with van der Waals surface area (Å²) in [6.45, 7) is 3.80. The molecule has 1 aromatic heterocycles. The number of ether oxygens (including phenoxy) is 1. The molecule has 1 saturated heterocycles. The minimum Gasteiger partial charge on any atom is -0.495 e. The van der Waals surface area contributed by atoms with Gasteiger partial charge in [0.25, 0.3) is 0 Å². The number of methoxy groups -OCH3 is 1. The summed E-state index contributed by atoms with van der Waals surface area (Å²) in [6.07, 6.45) is 1.66. The van der Waals surface area contributed by atoms with Gasteiger partial charge in [-0.2, -0.15) is 0 Å². The SMILES string of the molecule is COc1ccccc1NC(=O)C1CCN(c2nc3ccc(C)cc3s2)CC1. The summed E-state index contributed by atoms with van der Waals surface area (Å²) < 4.78 is 6.54. The van der Waals surface area contributed by atoms with E-state index in [0.717, 1.165) is 42.3 Å². The van der Waals surface area contributed by atoms with E-state index in [1.165, 1.54) is 10.3 Å². The summed E-state index contributed by atoms with van der Waals surface area (Å²) >= 11 is 1.73. The van der Waals surface area contributed by atoms with Gasteiger partial charge in [-0.05, 0) is 49.6 Å². The Balaban J connectivity index is 1.40. The van der Waals surface area contributed by atoms with Gasteiger partial charge in [0.1, 0.15) is 5.75 Å². The minimum absolute atomic E-state index is 0.0165. The van der Waals surface area contributed by atoms with Crippen molar-refractivity contribution in [3.05, 3.63) is 48.0 Å². The van der Waals surface area contributed by atoms with Crippen LogP contribution in [0.2, 0.25) is 0 Å². The first-order chi connectivity index (χ1) is 13.1. The number of aromatic nitrogens is 1. The molecule has 1 aliphatic heterocycles. The van der Waals surface area contributed by atoms with Gasteiger partial charge in [-0.1, -0.05) is 29.5 Å². The fourth-order valence-electron chi connectivity index (χ4n) is 3.47. The average Bonchev–Trinajstić information content (AvgIpc) is 3.11. The minimum atomic E-state index is 0.0165. The summed E-state index contributed by atoms with van der Waals surface area (Å²) in [4.78, 5) is 19.7. The average molecular weight is 382 g/mol. The maximum atomic E-state index is 12.7. The van der Waals surface area contributed by atoms with Crippen LogP contribution >= 0.6 is 11.3 Å². The fraction of sp³-hybridized carbons (Fsp3) is 0.333. The summed E-state index contributed by atoms with van der Waals surface area (Å²) in [6, 6.07) is 13.9. The zero-order valence-electron chi connectivity index (χ0n) is 15.6. The molecule has 0 atom stereocenters. The normalized spacial score (nSPS) is 15.1. The van der Waals surface area contributed by atoms with Crippen LogP contribution in [0.15, 0.2) is 42.5 Å². The van der Waals surface area contributed by atoms with Crippen LogP contribution < -0.4 is 15.0 Å². The van der Waals surface area contributed by atoms with Gasteiger partial charge in [0, 0.05) is 19.0 Å². The van der Waals surface area contributed by atoms with Crippen molar-refractivity contribution in [2.45, 2.75) is 19.8 Å². The highest BCUT2D eigenvalue weighted by molar-refractivity contribution is 7.22. The standard InChI is InChI=1S/C21H23N3O2S/c1-14-7-8-17-19(13-14)27-21(23-17)24-11-9-15(10-12-24)20(25)22-16-5-3-4-6-18(16)26-2/h3-8,13,15H,9-12H2,1-2H3,(H,22,25). The third kappa shape index (κ3) is 3.76. The Morgan fingerprint density at radius 3 is 2.78 bits per heavy atom. The van der Waals surface area contributed by atoms with E-state index in [-0.39, 0.29) is 11.8 Å². The van der Waals surface area contributed by atoms with Crippen molar-refractivity contribution in [2.24, 2.45) is 5.92 Å². The molecule has 1 aliphatic rings. The Labute approximate surface area is 163 Å². The molecule has 0 unspecified atom stereocenters. The van der Waals surface area contributed by atoms with Gasteiger partial charge < -0.3 is 15.0 Å². The Bertz CT molecular complexity index is 961. The number of aryl methyl sites for hydroxylation is 1.